The van der Waals surface area contributed by atoms with Crippen LogP contribution in [-0.4, -0.2) is 60.6 Å². The van der Waals surface area contributed by atoms with E-state index in [1.807, 2.05) is 33.0 Å². The molecular weight excluding hydrogens is 390 g/mol. The highest BCUT2D eigenvalue weighted by atomic mass is 32.2. The number of rotatable bonds is 5. The molecule has 1 N–H and O–H groups in total. The zero-order valence-electron chi connectivity index (χ0n) is 15.1. The number of sulfonamides is 1. The number of benzene rings is 1. The van der Waals surface area contributed by atoms with Gasteiger partial charge in [-0.15, -0.1) is 5.10 Å². The van der Waals surface area contributed by atoms with Crippen molar-refractivity contribution >= 4 is 38.7 Å². The highest BCUT2D eigenvalue weighted by Crippen LogP contribution is 2.22. The van der Waals surface area contributed by atoms with Crippen LogP contribution < -0.4 is 5.32 Å². The monoisotopic (exact) mass is 413 g/mol. The molecule has 2 heterocycles. The van der Waals surface area contributed by atoms with Gasteiger partial charge in [0.1, 0.15) is 0 Å². The van der Waals surface area contributed by atoms with Crippen LogP contribution >= 0.6 is 23.6 Å². The van der Waals surface area contributed by atoms with E-state index in [2.05, 4.69) is 15.3 Å². The van der Waals surface area contributed by atoms with Crippen LogP contribution in [0.1, 0.15) is 11.1 Å². The van der Waals surface area contributed by atoms with Gasteiger partial charge in [-0.2, -0.15) is 4.31 Å². The molecule has 1 aromatic carbocycles. The Hall–Kier alpha value is -1.33. The lowest BCUT2D eigenvalue weighted by molar-refractivity contribution is 0.145. The first-order valence-corrected chi connectivity index (χ1v) is 11.0. The molecule has 0 radical (unpaired) electrons. The van der Waals surface area contributed by atoms with Crippen molar-refractivity contribution in [2.24, 2.45) is 0 Å². The minimum absolute atomic E-state index is 0.400. The number of aryl methyl sites for hydroxylation is 2. The van der Waals surface area contributed by atoms with Crippen LogP contribution in [0.2, 0.25) is 0 Å². The SMILES string of the molecule is CNc1nn(CN2CCN(S(=O)(=O)c3ccc(C)cc3C)CC2)c(=S)s1. The van der Waals surface area contributed by atoms with E-state index in [0.29, 0.717) is 41.7 Å². The highest BCUT2D eigenvalue weighted by molar-refractivity contribution is 7.89. The Bertz CT molecular complexity index is 943. The lowest BCUT2D eigenvalue weighted by Gasteiger charge is -2.34. The van der Waals surface area contributed by atoms with Crippen LogP contribution in [-0.2, 0) is 16.7 Å². The lowest BCUT2D eigenvalue weighted by atomic mass is 10.2. The molecule has 0 aliphatic carbocycles. The van der Waals surface area contributed by atoms with Crippen molar-refractivity contribution in [2.45, 2.75) is 25.4 Å². The number of nitrogens with one attached hydrogen (secondary N) is 1. The number of hydrogen-bond donors (Lipinski definition) is 1. The summed E-state index contributed by atoms with van der Waals surface area (Å²) in [7, 11) is -1.64. The molecule has 0 atom stereocenters. The predicted octanol–water partition coefficient (Wildman–Crippen LogP) is 2.30. The maximum Gasteiger partial charge on any atom is 0.243 e. The summed E-state index contributed by atoms with van der Waals surface area (Å²) in [4.78, 5) is 2.57. The molecule has 3 rings (SSSR count). The molecule has 1 fully saturated rings. The third kappa shape index (κ3) is 3.99. The normalized spacial score (nSPS) is 16.7. The Balaban J connectivity index is 1.67. The molecule has 10 heteroatoms. The summed E-state index contributed by atoms with van der Waals surface area (Å²) >= 11 is 6.76. The molecule has 0 bridgehead atoms. The van der Waals surface area contributed by atoms with Gasteiger partial charge < -0.3 is 5.32 Å². The molecule has 1 aliphatic rings. The second kappa shape index (κ2) is 7.73. The number of hydrogen-bond acceptors (Lipinski definition) is 7. The van der Waals surface area contributed by atoms with Gasteiger partial charge in [0.2, 0.25) is 15.2 Å². The van der Waals surface area contributed by atoms with Crippen LogP contribution in [0.5, 0.6) is 0 Å². The molecule has 2 aromatic rings. The van der Waals surface area contributed by atoms with E-state index in [0.717, 1.165) is 16.3 Å². The number of anilines is 1. The molecule has 1 aromatic heterocycles. The summed E-state index contributed by atoms with van der Waals surface area (Å²) < 4.78 is 30.0. The largest absolute Gasteiger partial charge is 0.363 e. The molecular formula is C16H23N5O2S3. The van der Waals surface area contributed by atoms with Crippen molar-refractivity contribution in [3.8, 4) is 0 Å². The van der Waals surface area contributed by atoms with Gasteiger partial charge in [0.25, 0.3) is 0 Å². The van der Waals surface area contributed by atoms with Gasteiger partial charge >= 0.3 is 0 Å². The highest BCUT2D eigenvalue weighted by Gasteiger charge is 2.29. The fourth-order valence-electron chi connectivity index (χ4n) is 3.03. The standard InChI is InChI=1S/C16H23N5O2S3/c1-12-4-5-14(13(2)10-12)26(22,23)20-8-6-19(7-9-20)11-21-16(24)25-15(17-3)18-21/h4-5,10H,6-9,11H2,1-3H3,(H,17,18). The second-order valence-electron chi connectivity index (χ2n) is 6.36. The van der Waals surface area contributed by atoms with Crippen LogP contribution in [0.3, 0.4) is 0 Å². The maximum atomic E-state index is 12.9. The molecule has 26 heavy (non-hydrogen) atoms. The van der Waals surface area contributed by atoms with E-state index in [4.69, 9.17) is 12.2 Å². The fraction of sp³-hybridized carbons (Fsp3) is 0.500. The van der Waals surface area contributed by atoms with Crippen LogP contribution in [0.15, 0.2) is 23.1 Å². The number of aromatic nitrogens is 2. The zero-order chi connectivity index (χ0) is 18.9. The van der Waals surface area contributed by atoms with Gasteiger partial charge in [0, 0.05) is 33.2 Å². The van der Waals surface area contributed by atoms with Crippen molar-refractivity contribution in [1.82, 2.24) is 19.0 Å². The first kappa shape index (κ1) is 19.4. The molecule has 0 saturated carbocycles. The summed E-state index contributed by atoms with van der Waals surface area (Å²) in [5.74, 6) is 0. The maximum absolute atomic E-state index is 12.9. The molecule has 0 unspecified atom stereocenters. The quantitative estimate of drug-likeness (QED) is 0.759. The van der Waals surface area contributed by atoms with Gasteiger partial charge in [-0.1, -0.05) is 29.0 Å². The minimum atomic E-state index is -3.46. The van der Waals surface area contributed by atoms with Crippen molar-refractivity contribution in [3.05, 3.63) is 33.3 Å². The topological polar surface area (TPSA) is 70.5 Å². The van der Waals surface area contributed by atoms with Gasteiger partial charge in [0.15, 0.2) is 3.95 Å². The second-order valence-corrected chi connectivity index (χ2v) is 9.88. The molecule has 0 spiro atoms. The summed E-state index contributed by atoms with van der Waals surface area (Å²) in [6.07, 6.45) is 0. The Labute approximate surface area is 163 Å². The average molecular weight is 414 g/mol. The van der Waals surface area contributed by atoms with E-state index < -0.39 is 10.0 Å². The average Bonchev–Trinajstić information content (AvgIpc) is 2.95. The third-order valence-corrected chi connectivity index (χ3v) is 7.82. The van der Waals surface area contributed by atoms with Crippen molar-refractivity contribution in [3.63, 3.8) is 0 Å². The van der Waals surface area contributed by atoms with E-state index in [9.17, 15) is 8.42 Å². The Morgan fingerprint density at radius 3 is 2.50 bits per heavy atom. The van der Waals surface area contributed by atoms with Crippen LogP contribution in [0.25, 0.3) is 0 Å². The first-order valence-electron chi connectivity index (χ1n) is 8.37. The smallest absolute Gasteiger partial charge is 0.243 e. The zero-order valence-corrected chi connectivity index (χ0v) is 17.5. The fourth-order valence-corrected chi connectivity index (χ4v) is 5.60. The first-order chi connectivity index (χ1) is 12.3. The van der Waals surface area contributed by atoms with Crippen molar-refractivity contribution < 1.29 is 8.42 Å². The van der Waals surface area contributed by atoms with E-state index in [-0.39, 0.29) is 0 Å². The Morgan fingerprint density at radius 2 is 1.92 bits per heavy atom. The van der Waals surface area contributed by atoms with E-state index in [1.165, 1.54) is 11.3 Å². The van der Waals surface area contributed by atoms with Gasteiger partial charge in [-0.3, -0.25) is 4.90 Å². The van der Waals surface area contributed by atoms with Crippen LogP contribution in [0, 0.1) is 17.8 Å². The van der Waals surface area contributed by atoms with Crippen molar-refractivity contribution in [1.29, 1.82) is 0 Å². The number of piperazine rings is 1. The minimum Gasteiger partial charge on any atom is -0.363 e. The molecule has 1 aliphatic heterocycles. The van der Waals surface area contributed by atoms with Gasteiger partial charge in [0.05, 0.1) is 11.6 Å². The van der Waals surface area contributed by atoms with E-state index >= 15 is 0 Å². The molecule has 7 nitrogen and oxygen atoms in total. The summed E-state index contributed by atoms with van der Waals surface area (Å²) in [6, 6.07) is 5.46. The number of nitrogens with zero attached hydrogens (tertiary/aromatic N) is 4. The Kier molecular flexibility index (Phi) is 5.78. The summed E-state index contributed by atoms with van der Waals surface area (Å²) in [5, 5.41) is 8.18. The Morgan fingerprint density at radius 1 is 1.23 bits per heavy atom. The van der Waals surface area contributed by atoms with E-state index in [1.54, 1.807) is 15.1 Å². The predicted molar refractivity (Wildman–Crippen MR) is 107 cm³/mol. The lowest BCUT2D eigenvalue weighted by Crippen LogP contribution is -2.49. The van der Waals surface area contributed by atoms with Crippen LogP contribution in [0.4, 0.5) is 5.13 Å². The van der Waals surface area contributed by atoms with Gasteiger partial charge in [-0.25, -0.2) is 13.1 Å². The van der Waals surface area contributed by atoms with Crippen molar-refractivity contribution in [2.75, 3.05) is 38.5 Å². The third-order valence-electron chi connectivity index (χ3n) is 4.43. The molecule has 142 valence electrons. The molecule has 0 amide bonds. The summed E-state index contributed by atoms with van der Waals surface area (Å²) in [5.41, 5.74) is 1.85. The van der Waals surface area contributed by atoms with Gasteiger partial charge in [-0.05, 0) is 37.7 Å². The summed E-state index contributed by atoms with van der Waals surface area (Å²) in [6.45, 7) is 6.62. The molecule has 1 saturated heterocycles.